The number of nitrogens with one attached hydrogen (secondary N) is 1. The summed E-state index contributed by atoms with van der Waals surface area (Å²) in [6.45, 7) is 13.3. The van der Waals surface area contributed by atoms with Crippen LogP contribution in [0.2, 0.25) is 0 Å². The van der Waals surface area contributed by atoms with E-state index in [1.165, 1.54) is 64.7 Å². The minimum Gasteiger partial charge on any atom is -0.313 e. The maximum absolute atomic E-state index is 3.62. The summed E-state index contributed by atoms with van der Waals surface area (Å²) in [4.78, 5) is 5.50. The van der Waals surface area contributed by atoms with Crippen molar-refractivity contribution in [2.75, 3.05) is 32.7 Å². The lowest BCUT2D eigenvalue weighted by atomic mass is 9.98. The Morgan fingerprint density at radius 1 is 1.00 bits per heavy atom. The van der Waals surface area contributed by atoms with Crippen molar-refractivity contribution < 1.29 is 0 Å². The predicted molar refractivity (Wildman–Crippen MR) is 87.2 cm³/mol. The molecule has 0 aromatic heterocycles. The summed E-state index contributed by atoms with van der Waals surface area (Å²) in [7, 11) is 0. The molecule has 20 heavy (non-hydrogen) atoms. The van der Waals surface area contributed by atoms with E-state index in [9.17, 15) is 0 Å². The molecule has 1 atom stereocenters. The molecule has 0 amide bonds. The van der Waals surface area contributed by atoms with Gasteiger partial charge in [-0.25, -0.2) is 0 Å². The molecule has 0 saturated carbocycles. The number of rotatable bonds is 6. The number of nitrogens with zero attached hydrogens (tertiary/aromatic N) is 2. The first kappa shape index (κ1) is 16.3. The molecule has 2 fully saturated rings. The second-order valence-corrected chi connectivity index (χ2v) is 6.99. The average molecular weight is 281 g/mol. The van der Waals surface area contributed by atoms with E-state index in [0.717, 1.165) is 18.6 Å². The topological polar surface area (TPSA) is 18.5 Å². The fraction of sp³-hybridized carbons (Fsp3) is 1.00. The number of piperidine rings is 2. The maximum Gasteiger partial charge on any atom is 0.0218 e. The van der Waals surface area contributed by atoms with Gasteiger partial charge in [-0.3, -0.25) is 4.90 Å². The van der Waals surface area contributed by atoms with Gasteiger partial charge in [-0.15, -0.1) is 0 Å². The standard InChI is InChI=1S/C17H35N3/c1-4-16(14-18-15(2)3)20-12-8-17(9-13-20)19-10-6-5-7-11-19/h15-18H,4-14H2,1-3H3. The monoisotopic (exact) mass is 281 g/mol. The molecule has 3 nitrogen and oxygen atoms in total. The summed E-state index contributed by atoms with van der Waals surface area (Å²) in [5.74, 6) is 0. The van der Waals surface area contributed by atoms with Gasteiger partial charge in [0.15, 0.2) is 0 Å². The van der Waals surface area contributed by atoms with Gasteiger partial charge < -0.3 is 10.2 Å². The highest BCUT2D eigenvalue weighted by Gasteiger charge is 2.28. The van der Waals surface area contributed by atoms with Crippen molar-refractivity contribution in [1.29, 1.82) is 0 Å². The molecule has 2 rings (SSSR count). The minimum absolute atomic E-state index is 0.606. The van der Waals surface area contributed by atoms with Crippen LogP contribution >= 0.6 is 0 Å². The largest absolute Gasteiger partial charge is 0.313 e. The second kappa shape index (κ2) is 8.35. The first-order chi connectivity index (χ1) is 9.70. The van der Waals surface area contributed by atoms with Crippen LogP contribution in [0.25, 0.3) is 0 Å². The first-order valence-corrected chi connectivity index (χ1v) is 8.92. The van der Waals surface area contributed by atoms with Gasteiger partial charge in [0.1, 0.15) is 0 Å². The van der Waals surface area contributed by atoms with Crippen LogP contribution in [0.1, 0.15) is 59.3 Å². The summed E-state index contributed by atoms with van der Waals surface area (Å²) in [5, 5.41) is 3.62. The van der Waals surface area contributed by atoms with Crippen LogP contribution in [0, 0.1) is 0 Å². The van der Waals surface area contributed by atoms with Gasteiger partial charge in [-0.05, 0) is 58.3 Å². The number of hydrogen-bond donors (Lipinski definition) is 1. The van der Waals surface area contributed by atoms with Crippen molar-refractivity contribution in [2.24, 2.45) is 0 Å². The Bertz CT molecular complexity index is 253. The zero-order valence-electron chi connectivity index (χ0n) is 13.9. The highest BCUT2D eigenvalue weighted by molar-refractivity contribution is 4.85. The van der Waals surface area contributed by atoms with Gasteiger partial charge in [-0.2, -0.15) is 0 Å². The zero-order valence-corrected chi connectivity index (χ0v) is 13.9. The van der Waals surface area contributed by atoms with Crippen LogP contribution in [-0.4, -0.2) is 60.6 Å². The fourth-order valence-corrected chi connectivity index (χ4v) is 3.80. The van der Waals surface area contributed by atoms with E-state index in [-0.39, 0.29) is 0 Å². The van der Waals surface area contributed by atoms with Crippen molar-refractivity contribution in [2.45, 2.75) is 77.4 Å². The van der Waals surface area contributed by atoms with Crippen LogP contribution < -0.4 is 5.32 Å². The van der Waals surface area contributed by atoms with Crippen molar-refractivity contribution in [3.63, 3.8) is 0 Å². The maximum atomic E-state index is 3.62. The molecule has 2 aliphatic heterocycles. The minimum atomic E-state index is 0.606. The molecule has 1 N–H and O–H groups in total. The average Bonchev–Trinajstić information content (AvgIpc) is 2.49. The molecule has 1 unspecified atom stereocenters. The summed E-state index contributed by atoms with van der Waals surface area (Å²) >= 11 is 0. The molecule has 0 bridgehead atoms. The molecule has 2 aliphatic rings. The summed E-state index contributed by atoms with van der Waals surface area (Å²) in [6.07, 6.45) is 8.35. The third kappa shape index (κ3) is 4.71. The molecule has 0 aliphatic carbocycles. The molecule has 0 spiro atoms. The Morgan fingerprint density at radius 2 is 1.65 bits per heavy atom. The third-order valence-electron chi connectivity index (χ3n) is 5.16. The Hall–Kier alpha value is -0.120. The Morgan fingerprint density at radius 3 is 2.20 bits per heavy atom. The van der Waals surface area contributed by atoms with Crippen LogP contribution in [-0.2, 0) is 0 Å². The lowest BCUT2D eigenvalue weighted by Gasteiger charge is -2.42. The normalized spacial score (nSPS) is 25.2. The number of likely N-dealkylation sites (tertiary alicyclic amines) is 2. The molecule has 118 valence electrons. The molecular formula is C17H35N3. The quantitative estimate of drug-likeness (QED) is 0.807. The van der Waals surface area contributed by atoms with Crippen molar-refractivity contribution in [1.82, 2.24) is 15.1 Å². The van der Waals surface area contributed by atoms with E-state index in [1.807, 2.05) is 0 Å². The smallest absolute Gasteiger partial charge is 0.0218 e. The molecule has 0 radical (unpaired) electrons. The van der Waals surface area contributed by atoms with Gasteiger partial charge in [-0.1, -0.05) is 27.2 Å². The van der Waals surface area contributed by atoms with E-state index in [2.05, 4.69) is 35.9 Å². The van der Waals surface area contributed by atoms with Crippen molar-refractivity contribution >= 4 is 0 Å². The number of hydrogen-bond acceptors (Lipinski definition) is 3. The lowest BCUT2D eigenvalue weighted by molar-refractivity contribution is 0.0702. The van der Waals surface area contributed by atoms with Crippen LogP contribution in [0.5, 0.6) is 0 Å². The Balaban J connectivity index is 1.74. The molecular weight excluding hydrogens is 246 g/mol. The van der Waals surface area contributed by atoms with E-state index in [1.54, 1.807) is 0 Å². The highest BCUT2D eigenvalue weighted by atomic mass is 15.2. The summed E-state index contributed by atoms with van der Waals surface area (Å²) in [5.41, 5.74) is 0. The van der Waals surface area contributed by atoms with Gasteiger partial charge >= 0.3 is 0 Å². The van der Waals surface area contributed by atoms with E-state index in [0.29, 0.717) is 6.04 Å². The van der Waals surface area contributed by atoms with Gasteiger partial charge in [0.2, 0.25) is 0 Å². The van der Waals surface area contributed by atoms with Gasteiger partial charge in [0.25, 0.3) is 0 Å². The van der Waals surface area contributed by atoms with E-state index < -0.39 is 0 Å². The highest BCUT2D eigenvalue weighted by Crippen LogP contribution is 2.22. The molecule has 2 heterocycles. The lowest BCUT2D eigenvalue weighted by Crippen LogP contribution is -2.51. The SMILES string of the molecule is CCC(CNC(C)C)N1CCC(N2CCCCC2)CC1. The molecule has 2 saturated heterocycles. The Labute approximate surface area is 126 Å². The molecule has 3 heteroatoms. The second-order valence-electron chi connectivity index (χ2n) is 6.99. The first-order valence-electron chi connectivity index (χ1n) is 8.92. The van der Waals surface area contributed by atoms with Gasteiger partial charge in [0.05, 0.1) is 0 Å². The van der Waals surface area contributed by atoms with Crippen molar-refractivity contribution in [3.05, 3.63) is 0 Å². The summed E-state index contributed by atoms with van der Waals surface area (Å²) < 4.78 is 0. The fourth-order valence-electron chi connectivity index (χ4n) is 3.80. The van der Waals surface area contributed by atoms with E-state index in [4.69, 9.17) is 0 Å². The predicted octanol–water partition coefficient (Wildman–Crippen LogP) is 2.71. The van der Waals surface area contributed by atoms with Crippen molar-refractivity contribution in [3.8, 4) is 0 Å². The third-order valence-corrected chi connectivity index (χ3v) is 5.16. The Kier molecular flexibility index (Phi) is 6.79. The summed E-state index contributed by atoms with van der Waals surface area (Å²) in [6, 6.07) is 2.22. The zero-order chi connectivity index (χ0) is 14.4. The van der Waals surface area contributed by atoms with Gasteiger partial charge in [0, 0.05) is 24.7 Å². The van der Waals surface area contributed by atoms with E-state index >= 15 is 0 Å². The van der Waals surface area contributed by atoms with Crippen LogP contribution in [0.15, 0.2) is 0 Å². The molecule has 0 aromatic carbocycles. The van der Waals surface area contributed by atoms with Crippen LogP contribution in [0.4, 0.5) is 0 Å². The van der Waals surface area contributed by atoms with Crippen LogP contribution in [0.3, 0.4) is 0 Å². The molecule has 0 aromatic rings.